The summed E-state index contributed by atoms with van der Waals surface area (Å²) >= 11 is 0.0822. The Bertz CT molecular complexity index is 503. The molecule has 0 amide bonds. The molecule has 0 atom stereocenters. The van der Waals surface area contributed by atoms with Crippen LogP contribution in [-0.4, -0.2) is 21.2 Å². The SMILES string of the molecule is O=C/C(=C\c1ccccc1)[Se]c1ccccc1. The maximum absolute atomic E-state index is 11.1. The topological polar surface area (TPSA) is 17.1 Å². The van der Waals surface area contributed by atoms with E-state index in [1.165, 1.54) is 4.46 Å². The molecule has 1 nitrogen and oxygen atoms in total. The first-order valence-electron chi connectivity index (χ1n) is 5.33. The molecule has 0 aliphatic rings. The normalized spacial score (nSPS) is 11.2. The second-order valence-corrected chi connectivity index (χ2v) is 5.90. The van der Waals surface area contributed by atoms with E-state index in [1.54, 1.807) is 0 Å². The van der Waals surface area contributed by atoms with Crippen LogP contribution in [0.5, 0.6) is 0 Å². The molecule has 0 heterocycles. The monoisotopic (exact) mass is 288 g/mol. The van der Waals surface area contributed by atoms with Crippen molar-refractivity contribution in [3.05, 3.63) is 70.7 Å². The molecule has 2 aromatic rings. The van der Waals surface area contributed by atoms with E-state index >= 15 is 0 Å². The van der Waals surface area contributed by atoms with E-state index in [-0.39, 0.29) is 15.0 Å². The first-order chi connectivity index (χ1) is 8.38. The Labute approximate surface area is 107 Å². The number of benzene rings is 2. The van der Waals surface area contributed by atoms with Gasteiger partial charge in [0.1, 0.15) is 0 Å². The van der Waals surface area contributed by atoms with Crippen molar-refractivity contribution in [2.75, 3.05) is 0 Å². The zero-order valence-corrected chi connectivity index (χ0v) is 11.0. The molecule has 0 radical (unpaired) electrons. The molecule has 0 spiro atoms. The molecule has 17 heavy (non-hydrogen) atoms. The Kier molecular flexibility index (Phi) is 4.31. The summed E-state index contributed by atoms with van der Waals surface area (Å²) in [4.78, 5) is 11.1. The number of rotatable bonds is 4. The van der Waals surface area contributed by atoms with E-state index in [0.29, 0.717) is 0 Å². The van der Waals surface area contributed by atoms with E-state index < -0.39 is 0 Å². The summed E-state index contributed by atoms with van der Waals surface area (Å²) in [5, 5.41) is 0. The van der Waals surface area contributed by atoms with Gasteiger partial charge in [-0.2, -0.15) is 0 Å². The fourth-order valence-electron chi connectivity index (χ4n) is 1.43. The maximum atomic E-state index is 11.1. The van der Waals surface area contributed by atoms with Crippen molar-refractivity contribution >= 4 is 31.8 Å². The van der Waals surface area contributed by atoms with Gasteiger partial charge >= 0.3 is 107 Å². The first kappa shape index (κ1) is 11.8. The summed E-state index contributed by atoms with van der Waals surface area (Å²) in [6, 6.07) is 20.0. The second kappa shape index (κ2) is 6.19. The zero-order chi connectivity index (χ0) is 11.9. The van der Waals surface area contributed by atoms with Crippen LogP contribution in [0.1, 0.15) is 5.56 Å². The summed E-state index contributed by atoms with van der Waals surface area (Å²) in [5.74, 6) is 0. The first-order valence-corrected chi connectivity index (χ1v) is 7.04. The van der Waals surface area contributed by atoms with Crippen molar-refractivity contribution in [1.82, 2.24) is 0 Å². The van der Waals surface area contributed by atoms with Crippen molar-refractivity contribution in [2.45, 2.75) is 0 Å². The number of hydrogen-bond donors (Lipinski definition) is 0. The molecule has 0 unspecified atom stereocenters. The fraction of sp³-hybridized carbons (Fsp3) is 0. The number of hydrogen-bond acceptors (Lipinski definition) is 1. The molecular formula is C15H12OSe. The number of allylic oxidation sites excluding steroid dienone is 1. The second-order valence-electron chi connectivity index (χ2n) is 3.49. The molecule has 0 aromatic heterocycles. The van der Waals surface area contributed by atoms with Gasteiger partial charge in [-0.1, -0.05) is 0 Å². The Morgan fingerprint density at radius 1 is 0.882 bits per heavy atom. The summed E-state index contributed by atoms with van der Waals surface area (Å²) in [6.45, 7) is 0. The Balaban J connectivity index is 2.18. The Hall–Kier alpha value is -1.63. The van der Waals surface area contributed by atoms with Crippen molar-refractivity contribution < 1.29 is 4.79 Å². The van der Waals surface area contributed by atoms with Crippen molar-refractivity contribution in [3.8, 4) is 0 Å². The van der Waals surface area contributed by atoms with Gasteiger partial charge in [0.05, 0.1) is 0 Å². The quantitative estimate of drug-likeness (QED) is 0.479. The molecule has 2 aromatic carbocycles. The average Bonchev–Trinajstić information content (AvgIpc) is 2.40. The predicted octanol–water partition coefficient (Wildman–Crippen LogP) is 2.26. The summed E-state index contributed by atoms with van der Waals surface area (Å²) < 4.78 is 2.07. The van der Waals surface area contributed by atoms with Crippen LogP contribution in [0.15, 0.2) is 65.1 Å². The molecular weight excluding hydrogens is 275 g/mol. The molecule has 0 saturated carbocycles. The third kappa shape index (κ3) is 3.70. The van der Waals surface area contributed by atoms with E-state index in [0.717, 1.165) is 16.3 Å². The van der Waals surface area contributed by atoms with Crippen LogP contribution in [0.4, 0.5) is 0 Å². The minimum absolute atomic E-state index is 0.0822. The van der Waals surface area contributed by atoms with Gasteiger partial charge in [-0.25, -0.2) is 0 Å². The van der Waals surface area contributed by atoms with Crippen molar-refractivity contribution in [2.24, 2.45) is 0 Å². The minimum atomic E-state index is 0.0822. The number of carbonyl (C=O) groups excluding carboxylic acids is 1. The van der Waals surface area contributed by atoms with Gasteiger partial charge in [-0.05, 0) is 0 Å². The Morgan fingerprint density at radius 3 is 2.06 bits per heavy atom. The zero-order valence-electron chi connectivity index (χ0n) is 9.24. The van der Waals surface area contributed by atoms with Gasteiger partial charge in [0.15, 0.2) is 0 Å². The molecule has 0 fully saturated rings. The van der Waals surface area contributed by atoms with E-state index in [1.807, 2.05) is 54.6 Å². The van der Waals surface area contributed by atoms with Gasteiger partial charge < -0.3 is 0 Å². The van der Waals surface area contributed by atoms with Crippen LogP contribution >= 0.6 is 0 Å². The number of aldehydes is 1. The third-order valence-corrected chi connectivity index (χ3v) is 4.21. The van der Waals surface area contributed by atoms with Crippen LogP contribution in [0.2, 0.25) is 0 Å². The fourth-order valence-corrected chi connectivity index (χ4v) is 3.12. The summed E-state index contributed by atoms with van der Waals surface area (Å²) in [5.41, 5.74) is 1.08. The van der Waals surface area contributed by atoms with Gasteiger partial charge in [-0.15, -0.1) is 0 Å². The van der Waals surface area contributed by atoms with Crippen LogP contribution in [0.25, 0.3) is 6.08 Å². The standard InChI is InChI=1S/C15H12OSe/c16-12-15(11-13-7-3-1-4-8-13)17-14-9-5-2-6-10-14/h1-12H/b15-11+. The van der Waals surface area contributed by atoms with Gasteiger partial charge in [0.25, 0.3) is 0 Å². The Morgan fingerprint density at radius 2 is 1.47 bits per heavy atom. The molecule has 0 aliphatic carbocycles. The van der Waals surface area contributed by atoms with E-state index in [9.17, 15) is 4.79 Å². The molecule has 0 bridgehead atoms. The average molecular weight is 287 g/mol. The predicted molar refractivity (Wildman–Crippen MR) is 72.3 cm³/mol. The molecule has 0 aliphatic heterocycles. The molecule has 0 N–H and O–H groups in total. The molecule has 0 saturated heterocycles. The van der Waals surface area contributed by atoms with Crippen molar-refractivity contribution in [3.63, 3.8) is 0 Å². The molecule has 2 heteroatoms. The van der Waals surface area contributed by atoms with Gasteiger partial charge in [0, 0.05) is 0 Å². The summed E-state index contributed by atoms with van der Waals surface area (Å²) in [6.07, 6.45) is 2.92. The molecule has 84 valence electrons. The molecule has 2 rings (SSSR count). The van der Waals surface area contributed by atoms with Crippen LogP contribution in [-0.2, 0) is 4.79 Å². The van der Waals surface area contributed by atoms with Crippen LogP contribution < -0.4 is 4.46 Å². The van der Waals surface area contributed by atoms with Crippen LogP contribution in [0.3, 0.4) is 0 Å². The summed E-state index contributed by atoms with van der Waals surface area (Å²) in [7, 11) is 0. The van der Waals surface area contributed by atoms with Crippen LogP contribution in [0, 0.1) is 0 Å². The van der Waals surface area contributed by atoms with Gasteiger partial charge in [0.2, 0.25) is 0 Å². The van der Waals surface area contributed by atoms with Crippen molar-refractivity contribution in [1.29, 1.82) is 0 Å². The van der Waals surface area contributed by atoms with E-state index in [4.69, 9.17) is 0 Å². The van der Waals surface area contributed by atoms with Gasteiger partial charge in [-0.3, -0.25) is 0 Å². The number of carbonyl (C=O) groups is 1. The third-order valence-electron chi connectivity index (χ3n) is 2.20. The van der Waals surface area contributed by atoms with E-state index in [2.05, 4.69) is 12.1 Å².